The molecule has 0 aliphatic heterocycles. The van der Waals surface area contributed by atoms with Gasteiger partial charge in [-0.15, -0.1) is 0 Å². The minimum Gasteiger partial charge on any atom is -0.487 e. The van der Waals surface area contributed by atoms with E-state index in [4.69, 9.17) is 4.74 Å². The summed E-state index contributed by atoms with van der Waals surface area (Å²) in [6, 6.07) is 16.7. The van der Waals surface area contributed by atoms with E-state index >= 15 is 0 Å². The van der Waals surface area contributed by atoms with Crippen LogP contribution in [0.25, 0.3) is 0 Å². The lowest BCUT2D eigenvalue weighted by Crippen LogP contribution is -2.26. The molecule has 0 fully saturated rings. The molecular weight excluding hydrogens is 314 g/mol. The normalized spacial score (nSPS) is 11.6. The Bertz CT molecular complexity index is 823. The van der Waals surface area contributed by atoms with E-state index in [0.29, 0.717) is 12.2 Å². The van der Waals surface area contributed by atoms with Crippen molar-refractivity contribution in [2.75, 3.05) is 0 Å². The fourth-order valence-corrected chi connectivity index (χ4v) is 2.37. The SMILES string of the molecule is C[C@@H](NC(=O)c1cccnc1)c1cccc(OCc2ccccn2)c1. The lowest BCUT2D eigenvalue weighted by atomic mass is 10.1. The number of ether oxygens (including phenoxy) is 1. The van der Waals surface area contributed by atoms with Crippen LogP contribution in [0.1, 0.15) is 34.6 Å². The van der Waals surface area contributed by atoms with E-state index in [1.807, 2.05) is 49.4 Å². The lowest BCUT2D eigenvalue weighted by Gasteiger charge is -2.15. The van der Waals surface area contributed by atoms with Gasteiger partial charge in [0, 0.05) is 18.6 Å². The Morgan fingerprint density at radius 2 is 2.04 bits per heavy atom. The summed E-state index contributed by atoms with van der Waals surface area (Å²) in [5.74, 6) is 0.589. The summed E-state index contributed by atoms with van der Waals surface area (Å²) in [6.07, 6.45) is 4.93. The predicted molar refractivity (Wildman–Crippen MR) is 95.1 cm³/mol. The van der Waals surface area contributed by atoms with Crippen LogP contribution in [0.5, 0.6) is 5.75 Å². The molecular formula is C20H19N3O2. The third kappa shape index (κ3) is 4.64. The fourth-order valence-electron chi connectivity index (χ4n) is 2.37. The van der Waals surface area contributed by atoms with Gasteiger partial charge in [-0.25, -0.2) is 0 Å². The molecule has 25 heavy (non-hydrogen) atoms. The average Bonchev–Trinajstić information content (AvgIpc) is 2.68. The van der Waals surface area contributed by atoms with Crippen molar-refractivity contribution in [1.82, 2.24) is 15.3 Å². The zero-order valence-electron chi connectivity index (χ0n) is 13.9. The first-order chi connectivity index (χ1) is 12.2. The number of rotatable bonds is 6. The molecule has 0 bridgehead atoms. The molecule has 0 saturated heterocycles. The van der Waals surface area contributed by atoms with Gasteiger partial charge in [0.1, 0.15) is 12.4 Å². The molecule has 2 heterocycles. The van der Waals surface area contributed by atoms with Crippen LogP contribution in [-0.4, -0.2) is 15.9 Å². The average molecular weight is 333 g/mol. The highest BCUT2D eigenvalue weighted by atomic mass is 16.5. The monoisotopic (exact) mass is 333 g/mol. The van der Waals surface area contributed by atoms with Crippen molar-refractivity contribution in [2.45, 2.75) is 19.6 Å². The lowest BCUT2D eigenvalue weighted by molar-refractivity contribution is 0.0939. The number of nitrogens with one attached hydrogen (secondary N) is 1. The second kappa shape index (κ2) is 8.06. The van der Waals surface area contributed by atoms with E-state index in [0.717, 1.165) is 17.0 Å². The van der Waals surface area contributed by atoms with E-state index in [2.05, 4.69) is 15.3 Å². The maximum Gasteiger partial charge on any atom is 0.253 e. The van der Waals surface area contributed by atoms with E-state index in [1.165, 1.54) is 0 Å². The van der Waals surface area contributed by atoms with Crippen LogP contribution in [0.3, 0.4) is 0 Å². The molecule has 1 aromatic carbocycles. The third-order valence-corrected chi connectivity index (χ3v) is 3.74. The van der Waals surface area contributed by atoms with Crippen molar-refractivity contribution in [1.29, 1.82) is 0 Å². The van der Waals surface area contributed by atoms with Crippen molar-refractivity contribution in [3.63, 3.8) is 0 Å². The van der Waals surface area contributed by atoms with Crippen LogP contribution >= 0.6 is 0 Å². The van der Waals surface area contributed by atoms with Crippen LogP contribution < -0.4 is 10.1 Å². The highest BCUT2D eigenvalue weighted by Gasteiger charge is 2.12. The van der Waals surface area contributed by atoms with Crippen molar-refractivity contribution in [2.24, 2.45) is 0 Å². The molecule has 3 rings (SSSR count). The van der Waals surface area contributed by atoms with E-state index in [1.54, 1.807) is 30.7 Å². The van der Waals surface area contributed by atoms with Gasteiger partial charge >= 0.3 is 0 Å². The zero-order chi connectivity index (χ0) is 17.5. The molecule has 126 valence electrons. The quantitative estimate of drug-likeness (QED) is 0.749. The predicted octanol–water partition coefficient (Wildman–Crippen LogP) is 3.55. The summed E-state index contributed by atoms with van der Waals surface area (Å²) in [7, 11) is 0. The van der Waals surface area contributed by atoms with Crippen LogP contribution in [0.15, 0.2) is 73.2 Å². The number of hydrogen-bond acceptors (Lipinski definition) is 4. The molecule has 5 nitrogen and oxygen atoms in total. The van der Waals surface area contributed by atoms with E-state index < -0.39 is 0 Å². The summed E-state index contributed by atoms with van der Waals surface area (Å²) >= 11 is 0. The highest BCUT2D eigenvalue weighted by Crippen LogP contribution is 2.20. The first kappa shape index (κ1) is 16.6. The van der Waals surface area contributed by atoms with Gasteiger partial charge in [0.25, 0.3) is 5.91 Å². The Balaban J connectivity index is 1.63. The molecule has 0 saturated carbocycles. The van der Waals surface area contributed by atoms with Crippen LogP contribution in [-0.2, 0) is 6.61 Å². The standard InChI is InChI=1S/C20H19N3O2/c1-15(23-20(24)17-7-5-10-21-13-17)16-6-4-9-19(12-16)25-14-18-8-2-3-11-22-18/h2-13,15H,14H2,1H3,(H,23,24)/t15-/m1/s1. The minimum absolute atomic E-state index is 0.147. The maximum absolute atomic E-state index is 12.2. The zero-order valence-corrected chi connectivity index (χ0v) is 13.9. The first-order valence-electron chi connectivity index (χ1n) is 8.06. The van der Waals surface area contributed by atoms with Crippen molar-refractivity contribution in [3.05, 3.63) is 90.0 Å². The molecule has 1 amide bonds. The van der Waals surface area contributed by atoms with E-state index in [9.17, 15) is 4.79 Å². The Kier molecular flexibility index (Phi) is 5.36. The maximum atomic E-state index is 12.2. The topological polar surface area (TPSA) is 64.1 Å². The van der Waals surface area contributed by atoms with Crippen molar-refractivity contribution < 1.29 is 9.53 Å². The Hall–Kier alpha value is -3.21. The number of carbonyl (C=O) groups is 1. The molecule has 0 unspecified atom stereocenters. The van der Waals surface area contributed by atoms with Crippen LogP contribution in [0.4, 0.5) is 0 Å². The largest absolute Gasteiger partial charge is 0.487 e. The summed E-state index contributed by atoms with van der Waals surface area (Å²) in [5, 5.41) is 2.97. The van der Waals surface area contributed by atoms with Gasteiger partial charge in [0.2, 0.25) is 0 Å². The van der Waals surface area contributed by atoms with Gasteiger partial charge in [0.05, 0.1) is 17.3 Å². The second-order valence-electron chi connectivity index (χ2n) is 5.62. The van der Waals surface area contributed by atoms with Gasteiger partial charge in [0.15, 0.2) is 0 Å². The molecule has 0 aliphatic carbocycles. The van der Waals surface area contributed by atoms with Gasteiger partial charge in [-0.1, -0.05) is 18.2 Å². The number of nitrogens with zero attached hydrogens (tertiary/aromatic N) is 2. The first-order valence-corrected chi connectivity index (χ1v) is 8.06. The third-order valence-electron chi connectivity index (χ3n) is 3.74. The highest BCUT2D eigenvalue weighted by molar-refractivity contribution is 5.94. The molecule has 0 spiro atoms. The van der Waals surface area contributed by atoms with Gasteiger partial charge in [-0.3, -0.25) is 14.8 Å². The molecule has 2 aromatic heterocycles. The number of aromatic nitrogens is 2. The Morgan fingerprint density at radius 3 is 2.80 bits per heavy atom. The summed E-state index contributed by atoms with van der Waals surface area (Å²) in [4.78, 5) is 20.4. The Labute approximate surface area is 146 Å². The number of carbonyl (C=O) groups excluding carboxylic acids is 1. The fraction of sp³-hybridized carbons (Fsp3) is 0.150. The summed E-state index contributed by atoms with van der Waals surface area (Å²) in [6.45, 7) is 2.34. The molecule has 1 N–H and O–H groups in total. The number of amides is 1. The van der Waals surface area contributed by atoms with Gasteiger partial charge < -0.3 is 10.1 Å². The molecule has 0 radical (unpaired) electrons. The van der Waals surface area contributed by atoms with Gasteiger partial charge in [-0.05, 0) is 48.9 Å². The summed E-state index contributed by atoms with van der Waals surface area (Å²) < 4.78 is 5.79. The molecule has 0 aliphatic rings. The van der Waals surface area contributed by atoms with Gasteiger partial charge in [-0.2, -0.15) is 0 Å². The minimum atomic E-state index is -0.152. The van der Waals surface area contributed by atoms with Crippen molar-refractivity contribution >= 4 is 5.91 Å². The summed E-state index contributed by atoms with van der Waals surface area (Å²) in [5.41, 5.74) is 2.37. The number of benzene rings is 1. The Morgan fingerprint density at radius 1 is 1.12 bits per heavy atom. The number of pyridine rings is 2. The van der Waals surface area contributed by atoms with E-state index in [-0.39, 0.29) is 11.9 Å². The molecule has 3 aromatic rings. The number of hydrogen-bond donors (Lipinski definition) is 1. The van der Waals surface area contributed by atoms with Crippen molar-refractivity contribution in [3.8, 4) is 5.75 Å². The van der Waals surface area contributed by atoms with Crippen LogP contribution in [0, 0.1) is 0 Å². The molecule has 5 heteroatoms. The molecule has 1 atom stereocenters. The van der Waals surface area contributed by atoms with Crippen LogP contribution in [0.2, 0.25) is 0 Å². The second-order valence-corrected chi connectivity index (χ2v) is 5.62. The smallest absolute Gasteiger partial charge is 0.253 e.